The number of hydrogen-bond acceptors (Lipinski definition) is 6. The van der Waals surface area contributed by atoms with Crippen LogP contribution in [0.2, 0.25) is 0 Å². The number of nitrogens with one attached hydrogen (secondary N) is 1. The van der Waals surface area contributed by atoms with Crippen LogP contribution in [0.15, 0.2) is 36.4 Å². The van der Waals surface area contributed by atoms with E-state index in [9.17, 15) is 18.8 Å². The fourth-order valence-corrected chi connectivity index (χ4v) is 2.28. The van der Waals surface area contributed by atoms with Crippen molar-refractivity contribution in [2.45, 2.75) is 6.92 Å². The maximum atomic E-state index is 14.0. The number of Topliss-reactive ketones (excluding diaryl/α,β-unsaturated/α-hetero) is 1. The number of esters is 1. The minimum absolute atomic E-state index is 0.155. The summed E-state index contributed by atoms with van der Waals surface area (Å²) in [5.41, 5.74) is 0.130. The van der Waals surface area contributed by atoms with E-state index in [1.54, 1.807) is 0 Å². The minimum atomic E-state index is -0.826. The first-order chi connectivity index (χ1) is 12.8. The van der Waals surface area contributed by atoms with Gasteiger partial charge in [-0.1, -0.05) is 0 Å². The summed E-state index contributed by atoms with van der Waals surface area (Å²) >= 11 is 0. The van der Waals surface area contributed by atoms with Crippen LogP contribution in [0.25, 0.3) is 0 Å². The summed E-state index contributed by atoms with van der Waals surface area (Å²) in [6, 6.07) is 8.01. The van der Waals surface area contributed by atoms with Gasteiger partial charge in [-0.3, -0.25) is 9.59 Å². The maximum absolute atomic E-state index is 14.0. The molecular formula is C19H18FNO6. The zero-order valence-electron chi connectivity index (χ0n) is 15.0. The first-order valence-corrected chi connectivity index (χ1v) is 7.85. The number of anilines is 1. The third-order valence-corrected chi connectivity index (χ3v) is 3.54. The van der Waals surface area contributed by atoms with Gasteiger partial charge in [0.25, 0.3) is 0 Å². The van der Waals surface area contributed by atoms with Crippen LogP contribution < -0.4 is 14.8 Å². The van der Waals surface area contributed by atoms with Crippen molar-refractivity contribution in [2.75, 3.05) is 26.1 Å². The molecule has 8 heteroatoms. The third-order valence-electron chi connectivity index (χ3n) is 3.54. The van der Waals surface area contributed by atoms with Gasteiger partial charge in [-0.25, -0.2) is 9.18 Å². The van der Waals surface area contributed by atoms with Crippen molar-refractivity contribution in [2.24, 2.45) is 0 Å². The molecule has 0 aliphatic carbocycles. The smallest absolute Gasteiger partial charge is 0.338 e. The summed E-state index contributed by atoms with van der Waals surface area (Å²) in [5, 5.41) is 2.41. The predicted octanol–water partition coefficient (Wildman–Crippen LogP) is 2.84. The van der Waals surface area contributed by atoms with Gasteiger partial charge >= 0.3 is 5.97 Å². The lowest BCUT2D eigenvalue weighted by atomic mass is 10.1. The lowest BCUT2D eigenvalue weighted by Crippen LogP contribution is -2.16. The van der Waals surface area contributed by atoms with Gasteiger partial charge < -0.3 is 19.5 Å². The second-order valence-corrected chi connectivity index (χ2v) is 5.44. The van der Waals surface area contributed by atoms with Crippen molar-refractivity contribution in [3.63, 3.8) is 0 Å². The number of methoxy groups -OCH3 is 2. The molecule has 0 radical (unpaired) electrons. The number of halogens is 1. The van der Waals surface area contributed by atoms with Gasteiger partial charge in [0.2, 0.25) is 11.7 Å². The van der Waals surface area contributed by atoms with Crippen molar-refractivity contribution in [3.05, 3.63) is 53.3 Å². The molecule has 2 rings (SSSR count). The molecule has 0 aromatic heterocycles. The Kier molecular flexibility index (Phi) is 6.48. The molecule has 1 N–H and O–H groups in total. The first kappa shape index (κ1) is 19.9. The zero-order chi connectivity index (χ0) is 20.0. The fourth-order valence-electron chi connectivity index (χ4n) is 2.28. The van der Waals surface area contributed by atoms with Crippen LogP contribution in [0.1, 0.15) is 27.6 Å². The van der Waals surface area contributed by atoms with Gasteiger partial charge in [-0.15, -0.1) is 0 Å². The highest BCUT2D eigenvalue weighted by atomic mass is 19.1. The van der Waals surface area contributed by atoms with Gasteiger partial charge in [-0.2, -0.15) is 0 Å². The van der Waals surface area contributed by atoms with Crippen molar-refractivity contribution >= 4 is 23.3 Å². The first-order valence-electron chi connectivity index (χ1n) is 7.85. The Morgan fingerprint density at radius 1 is 1.00 bits per heavy atom. The van der Waals surface area contributed by atoms with E-state index in [0.29, 0.717) is 11.5 Å². The summed E-state index contributed by atoms with van der Waals surface area (Å²) in [6.45, 7) is 0.647. The highest BCUT2D eigenvalue weighted by Crippen LogP contribution is 2.27. The molecular weight excluding hydrogens is 357 g/mol. The average molecular weight is 375 g/mol. The van der Waals surface area contributed by atoms with Crippen LogP contribution in [0.5, 0.6) is 11.5 Å². The molecule has 0 unspecified atom stereocenters. The molecule has 7 nitrogen and oxygen atoms in total. The second-order valence-electron chi connectivity index (χ2n) is 5.44. The molecule has 0 aliphatic heterocycles. The van der Waals surface area contributed by atoms with Crippen molar-refractivity contribution in [1.82, 2.24) is 0 Å². The predicted molar refractivity (Wildman–Crippen MR) is 94.9 cm³/mol. The Morgan fingerprint density at radius 2 is 1.70 bits per heavy atom. The van der Waals surface area contributed by atoms with Crippen molar-refractivity contribution < 1.29 is 33.0 Å². The van der Waals surface area contributed by atoms with E-state index in [4.69, 9.17) is 14.2 Å². The summed E-state index contributed by atoms with van der Waals surface area (Å²) in [7, 11) is 2.88. The molecule has 27 heavy (non-hydrogen) atoms. The molecule has 0 heterocycles. The van der Waals surface area contributed by atoms with Gasteiger partial charge in [0.15, 0.2) is 18.1 Å². The van der Waals surface area contributed by atoms with Crippen LogP contribution in [-0.4, -0.2) is 38.5 Å². The summed E-state index contributed by atoms with van der Waals surface area (Å²) in [4.78, 5) is 35.2. The van der Waals surface area contributed by atoms with Crippen LogP contribution in [0.4, 0.5) is 10.1 Å². The molecule has 0 saturated carbocycles. The molecule has 0 spiro atoms. The number of benzene rings is 2. The molecule has 2 aromatic rings. The normalized spacial score (nSPS) is 10.1. The molecule has 0 atom stereocenters. The van der Waals surface area contributed by atoms with Gasteiger partial charge in [-0.05, 0) is 36.4 Å². The number of hydrogen-bond donors (Lipinski definition) is 1. The topological polar surface area (TPSA) is 90.9 Å². The zero-order valence-corrected chi connectivity index (χ0v) is 15.0. The number of rotatable bonds is 7. The van der Waals surface area contributed by atoms with Crippen LogP contribution >= 0.6 is 0 Å². The Balaban J connectivity index is 2.05. The highest BCUT2D eigenvalue weighted by Gasteiger charge is 2.17. The lowest BCUT2D eigenvalue weighted by molar-refractivity contribution is -0.114. The van der Waals surface area contributed by atoms with E-state index in [1.165, 1.54) is 51.5 Å². The fraction of sp³-hybridized carbons (Fsp3) is 0.211. The summed E-state index contributed by atoms with van der Waals surface area (Å²) in [6.07, 6.45) is 0. The largest absolute Gasteiger partial charge is 0.493 e. The molecule has 0 fully saturated rings. The maximum Gasteiger partial charge on any atom is 0.338 e. The standard InChI is InChI=1S/C19H18FNO6/c1-11(22)21-13-5-6-14(15(20)9-13)16(23)10-27-19(24)12-4-7-17(25-2)18(8-12)26-3/h4-9H,10H2,1-3H3,(H,21,22). The van der Waals surface area contributed by atoms with Gasteiger partial charge in [0.05, 0.1) is 25.3 Å². The number of carbonyl (C=O) groups is 3. The Hall–Kier alpha value is -3.42. The molecule has 0 aliphatic rings. The number of ketones is 1. The molecule has 0 saturated heterocycles. The van der Waals surface area contributed by atoms with Gasteiger partial charge in [0.1, 0.15) is 5.82 Å². The van der Waals surface area contributed by atoms with Crippen molar-refractivity contribution in [1.29, 1.82) is 0 Å². The molecule has 0 bridgehead atoms. The number of carbonyl (C=O) groups excluding carboxylic acids is 3. The minimum Gasteiger partial charge on any atom is -0.493 e. The summed E-state index contributed by atoms with van der Waals surface area (Å²) < 4.78 is 29.2. The highest BCUT2D eigenvalue weighted by molar-refractivity contribution is 6.00. The Bertz CT molecular complexity index is 880. The van der Waals surface area contributed by atoms with Crippen LogP contribution in [0.3, 0.4) is 0 Å². The van der Waals surface area contributed by atoms with E-state index in [-0.39, 0.29) is 22.7 Å². The Labute approximate surface area is 155 Å². The molecule has 1 amide bonds. The second kappa shape index (κ2) is 8.79. The average Bonchev–Trinajstić information content (AvgIpc) is 2.64. The lowest BCUT2D eigenvalue weighted by Gasteiger charge is -2.10. The Morgan fingerprint density at radius 3 is 2.30 bits per heavy atom. The number of amides is 1. The quantitative estimate of drug-likeness (QED) is 0.591. The van der Waals surface area contributed by atoms with E-state index < -0.39 is 24.2 Å². The number of ether oxygens (including phenoxy) is 3. The third kappa shape index (κ3) is 5.04. The van der Waals surface area contributed by atoms with E-state index >= 15 is 0 Å². The SMILES string of the molecule is COc1ccc(C(=O)OCC(=O)c2ccc(NC(C)=O)cc2F)cc1OC. The van der Waals surface area contributed by atoms with E-state index in [0.717, 1.165) is 6.07 Å². The van der Waals surface area contributed by atoms with Crippen molar-refractivity contribution in [3.8, 4) is 11.5 Å². The molecule has 142 valence electrons. The van der Waals surface area contributed by atoms with Gasteiger partial charge in [0, 0.05) is 12.6 Å². The monoisotopic (exact) mass is 375 g/mol. The van der Waals surface area contributed by atoms with E-state index in [2.05, 4.69) is 5.32 Å². The summed E-state index contributed by atoms with van der Waals surface area (Å²) in [5.74, 6) is -1.90. The van der Waals surface area contributed by atoms with E-state index in [1.807, 2.05) is 0 Å². The van der Waals surface area contributed by atoms with Crippen LogP contribution in [0, 0.1) is 5.82 Å². The molecule has 2 aromatic carbocycles. The van der Waals surface area contributed by atoms with Crippen LogP contribution in [-0.2, 0) is 9.53 Å².